The van der Waals surface area contributed by atoms with Crippen LogP contribution in [-0.4, -0.2) is 67.1 Å². The van der Waals surface area contributed by atoms with Gasteiger partial charge in [0.1, 0.15) is 0 Å². The highest BCUT2D eigenvalue weighted by atomic mass is 28.4. The van der Waals surface area contributed by atoms with Gasteiger partial charge in [-0.25, -0.2) is 4.39 Å². The van der Waals surface area contributed by atoms with Gasteiger partial charge >= 0.3 is 5.97 Å². The van der Waals surface area contributed by atoms with Crippen LogP contribution in [0.1, 0.15) is 106 Å². The quantitative estimate of drug-likeness (QED) is 0.0507. The number of hydrogen-bond donors (Lipinski definition) is 0. The zero-order chi connectivity index (χ0) is 32.1. The van der Waals surface area contributed by atoms with Crippen LogP contribution < -0.4 is 0 Å². The standard InChI is InChI=1S/C34H65FO6Si2/c1-10-17-18-21-27(40-42(11-2,12-3)13-4)23-24-28-29(41-43(14-5,15-6)16-7)26-30-32(28)33(35)34(38-9,39-30)25-20-19-22-31(36)37-8/h23-24,27-30,32-33H,10-22,25-26H2,1-9H3/b24-23+/t27-,28?,29+,30-,32+,33+,34+/m0/s1. The second-order valence-corrected chi connectivity index (χ2v) is 22.4. The minimum atomic E-state index is -1.93. The lowest BCUT2D eigenvalue weighted by atomic mass is 9.86. The van der Waals surface area contributed by atoms with E-state index in [1.807, 2.05) is 0 Å². The third-order valence-electron chi connectivity index (χ3n) is 10.9. The fourth-order valence-corrected chi connectivity index (χ4v) is 13.2. The molecule has 0 aromatic carbocycles. The van der Waals surface area contributed by atoms with Gasteiger partial charge in [-0.15, -0.1) is 0 Å². The maximum absolute atomic E-state index is 16.7. The van der Waals surface area contributed by atoms with E-state index in [2.05, 4.69) is 60.6 Å². The molecular weight excluding hydrogens is 580 g/mol. The molecule has 0 aromatic heterocycles. The molecule has 252 valence electrons. The molecular formula is C34H65FO6Si2. The first-order valence-corrected chi connectivity index (χ1v) is 22.7. The van der Waals surface area contributed by atoms with Crippen molar-refractivity contribution in [3.05, 3.63) is 12.2 Å². The van der Waals surface area contributed by atoms with E-state index < -0.39 is 28.6 Å². The Morgan fingerprint density at radius 2 is 1.56 bits per heavy atom. The average molecular weight is 645 g/mol. The predicted molar refractivity (Wildman–Crippen MR) is 179 cm³/mol. The summed E-state index contributed by atoms with van der Waals surface area (Å²) < 4.78 is 48.0. The van der Waals surface area contributed by atoms with Crippen LogP contribution in [0.25, 0.3) is 0 Å². The van der Waals surface area contributed by atoms with E-state index in [0.717, 1.165) is 49.1 Å². The number of rotatable bonds is 22. The highest BCUT2D eigenvalue weighted by Gasteiger charge is 2.63. The van der Waals surface area contributed by atoms with Crippen molar-refractivity contribution in [2.45, 2.75) is 173 Å². The molecule has 0 spiro atoms. The number of esters is 1. The summed E-state index contributed by atoms with van der Waals surface area (Å²) >= 11 is 0. The topological polar surface area (TPSA) is 63.2 Å². The second-order valence-electron chi connectivity index (χ2n) is 12.9. The van der Waals surface area contributed by atoms with Gasteiger partial charge in [-0.2, -0.15) is 0 Å². The largest absolute Gasteiger partial charge is 0.469 e. The highest BCUT2D eigenvalue weighted by molar-refractivity contribution is 6.74. The molecule has 1 aliphatic carbocycles. The number of fused-ring (bicyclic) bond motifs is 1. The van der Waals surface area contributed by atoms with Gasteiger partial charge in [0.05, 0.1) is 25.4 Å². The molecule has 1 saturated heterocycles. The van der Waals surface area contributed by atoms with Crippen molar-refractivity contribution in [1.82, 2.24) is 0 Å². The maximum atomic E-state index is 16.7. The van der Waals surface area contributed by atoms with Gasteiger partial charge in [0, 0.05) is 31.8 Å². The summed E-state index contributed by atoms with van der Waals surface area (Å²) in [6.45, 7) is 15.8. The molecule has 2 rings (SSSR count). The minimum absolute atomic E-state index is 0.0502. The van der Waals surface area contributed by atoms with Crippen LogP contribution >= 0.6 is 0 Å². The number of hydrogen-bond acceptors (Lipinski definition) is 6. The molecule has 1 unspecified atom stereocenters. The van der Waals surface area contributed by atoms with Gasteiger partial charge in [-0.1, -0.05) is 79.9 Å². The Balaban J connectivity index is 2.39. The summed E-state index contributed by atoms with van der Waals surface area (Å²) in [5.41, 5.74) is 0. The SMILES string of the molecule is CCCCC[C@@H](/C=C/C1[C@@H]2[C@H](C[C@H]1O[Si](CC)(CC)CC)O[C@@](CCCCC(=O)OC)(OC)[C@@H]2F)O[Si](CC)(CC)CC. The molecule has 1 heterocycles. The van der Waals surface area contributed by atoms with E-state index in [0.29, 0.717) is 32.1 Å². The van der Waals surface area contributed by atoms with E-state index in [1.165, 1.54) is 20.0 Å². The fraction of sp³-hybridized carbons (Fsp3) is 0.912. The monoisotopic (exact) mass is 644 g/mol. The molecule has 0 amide bonds. The van der Waals surface area contributed by atoms with Crippen LogP contribution in [-0.2, 0) is 27.9 Å². The molecule has 0 bridgehead atoms. The van der Waals surface area contributed by atoms with E-state index in [1.54, 1.807) is 7.11 Å². The van der Waals surface area contributed by atoms with Crippen LogP contribution in [0.3, 0.4) is 0 Å². The summed E-state index contributed by atoms with van der Waals surface area (Å²) in [5, 5.41) is 0. The average Bonchev–Trinajstić information content (AvgIpc) is 3.51. The third kappa shape index (κ3) is 9.71. The zero-order valence-corrected chi connectivity index (χ0v) is 31.1. The molecule has 6 nitrogen and oxygen atoms in total. The maximum Gasteiger partial charge on any atom is 0.305 e. The predicted octanol–water partition coefficient (Wildman–Crippen LogP) is 9.35. The summed E-state index contributed by atoms with van der Waals surface area (Å²) in [4.78, 5) is 11.6. The Morgan fingerprint density at radius 3 is 2.09 bits per heavy atom. The first-order valence-electron chi connectivity index (χ1n) is 17.6. The van der Waals surface area contributed by atoms with Crippen LogP contribution in [0.5, 0.6) is 0 Å². The normalized spacial score (nSPS) is 28.5. The molecule has 2 fully saturated rings. The van der Waals surface area contributed by atoms with Crippen molar-refractivity contribution in [3.8, 4) is 0 Å². The number of carbonyl (C=O) groups excluding carboxylic acids is 1. The van der Waals surface area contributed by atoms with E-state index >= 15 is 4.39 Å². The van der Waals surface area contributed by atoms with E-state index in [4.69, 9.17) is 23.1 Å². The number of ether oxygens (including phenoxy) is 3. The van der Waals surface area contributed by atoms with Crippen LogP contribution in [0.15, 0.2) is 12.2 Å². The Hall–Kier alpha value is -0.586. The van der Waals surface area contributed by atoms with E-state index in [-0.39, 0.29) is 36.1 Å². The summed E-state index contributed by atoms with van der Waals surface area (Å²) in [5.74, 6) is -1.96. The molecule has 0 aromatic rings. The molecule has 2 aliphatic rings. The summed E-state index contributed by atoms with van der Waals surface area (Å²) in [6.07, 6.45) is 10.1. The van der Waals surface area contributed by atoms with Gasteiger partial charge in [-0.3, -0.25) is 4.79 Å². The van der Waals surface area contributed by atoms with Crippen LogP contribution in [0, 0.1) is 11.8 Å². The third-order valence-corrected chi connectivity index (χ3v) is 20.3. The number of unbranched alkanes of at least 4 members (excludes halogenated alkanes) is 3. The lowest BCUT2D eigenvalue weighted by molar-refractivity contribution is -0.240. The first-order chi connectivity index (χ1) is 20.6. The molecule has 1 saturated carbocycles. The van der Waals surface area contributed by atoms with Crippen molar-refractivity contribution in [3.63, 3.8) is 0 Å². The Labute approximate surface area is 265 Å². The Bertz CT molecular complexity index is 819. The van der Waals surface area contributed by atoms with Gasteiger partial charge < -0.3 is 23.1 Å². The summed E-state index contributed by atoms with van der Waals surface area (Å²) in [7, 11) is -0.795. The molecule has 0 N–H and O–H groups in total. The number of methoxy groups -OCH3 is 2. The lowest BCUT2D eigenvalue weighted by Crippen LogP contribution is -2.45. The van der Waals surface area contributed by atoms with Gasteiger partial charge in [0.15, 0.2) is 28.6 Å². The fourth-order valence-electron chi connectivity index (χ4n) is 7.43. The van der Waals surface area contributed by atoms with Gasteiger partial charge in [-0.05, 0) is 61.9 Å². The molecule has 1 aliphatic heterocycles. The molecule has 43 heavy (non-hydrogen) atoms. The second kappa shape index (κ2) is 18.5. The van der Waals surface area contributed by atoms with Crippen molar-refractivity contribution in [1.29, 1.82) is 0 Å². The van der Waals surface area contributed by atoms with Crippen molar-refractivity contribution >= 4 is 22.6 Å². The Morgan fingerprint density at radius 1 is 0.930 bits per heavy atom. The zero-order valence-electron chi connectivity index (χ0n) is 29.1. The van der Waals surface area contributed by atoms with Crippen LogP contribution in [0.4, 0.5) is 4.39 Å². The van der Waals surface area contributed by atoms with Gasteiger partial charge in [0.25, 0.3) is 0 Å². The van der Waals surface area contributed by atoms with Crippen LogP contribution in [0.2, 0.25) is 36.3 Å². The highest BCUT2D eigenvalue weighted by Crippen LogP contribution is 2.53. The number of alkyl halides is 1. The molecule has 9 heteroatoms. The first kappa shape index (κ1) is 38.6. The number of carbonyl (C=O) groups is 1. The summed E-state index contributed by atoms with van der Waals surface area (Å²) in [6, 6.07) is 6.52. The molecule has 7 atom stereocenters. The Kier molecular flexibility index (Phi) is 16.6. The van der Waals surface area contributed by atoms with Gasteiger partial charge in [0.2, 0.25) is 0 Å². The molecule has 0 radical (unpaired) electrons. The number of halogens is 1. The minimum Gasteiger partial charge on any atom is -0.469 e. The van der Waals surface area contributed by atoms with Crippen molar-refractivity contribution in [2.24, 2.45) is 11.8 Å². The smallest absolute Gasteiger partial charge is 0.305 e. The van der Waals surface area contributed by atoms with Crippen molar-refractivity contribution < 1.29 is 32.2 Å². The lowest BCUT2D eigenvalue weighted by Gasteiger charge is -2.37. The van der Waals surface area contributed by atoms with Crippen molar-refractivity contribution in [2.75, 3.05) is 14.2 Å². The van der Waals surface area contributed by atoms with E-state index in [9.17, 15) is 4.79 Å².